The summed E-state index contributed by atoms with van der Waals surface area (Å²) in [5.41, 5.74) is 0.900. The van der Waals surface area contributed by atoms with Crippen LogP contribution in [0.1, 0.15) is 13.3 Å². The van der Waals surface area contributed by atoms with E-state index in [9.17, 15) is 4.79 Å². The first-order chi connectivity index (χ1) is 4.16. The third-order valence-corrected chi connectivity index (χ3v) is 0.921. The average Bonchev–Trinajstić information content (AvgIpc) is 1.83. The molecule has 0 aromatic heterocycles. The van der Waals surface area contributed by atoms with Crippen LogP contribution in [0.4, 0.5) is 0 Å². The van der Waals surface area contributed by atoms with Crippen LogP contribution in [0, 0.1) is 0 Å². The Labute approximate surface area is 54.5 Å². The van der Waals surface area contributed by atoms with Crippen molar-refractivity contribution in [1.29, 1.82) is 0 Å². The zero-order valence-corrected chi connectivity index (χ0v) is 5.42. The molecular weight excluding hydrogens is 116 g/mol. The fourth-order valence-corrected chi connectivity index (χ4v) is 0.332. The first-order valence-corrected chi connectivity index (χ1v) is 2.68. The summed E-state index contributed by atoms with van der Waals surface area (Å²) in [4.78, 5) is 9.94. The number of aliphatic carboxylic acids is 1. The molecule has 0 aromatic rings. The van der Waals surface area contributed by atoms with Gasteiger partial charge in [0.05, 0.1) is 6.42 Å². The highest BCUT2D eigenvalue weighted by atomic mass is 16.4. The Morgan fingerprint density at radius 1 is 1.78 bits per heavy atom. The predicted molar refractivity (Wildman–Crippen MR) is 36.2 cm³/mol. The van der Waals surface area contributed by atoms with Crippen molar-refractivity contribution in [2.24, 2.45) is 0 Å². The standard InChI is InChI=1S/C7H10O2/c1-3-6(2)4-5-7(8)9/h3-4H,1,5H2,2H3,(H,8,9)/b6-4+. The second-order valence-electron chi connectivity index (χ2n) is 1.75. The first kappa shape index (κ1) is 7.95. The molecule has 0 aliphatic carbocycles. The number of carbonyl (C=O) groups is 1. The molecule has 0 aliphatic heterocycles. The molecule has 0 saturated heterocycles. The van der Waals surface area contributed by atoms with Crippen LogP contribution in [0.5, 0.6) is 0 Å². The van der Waals surface area contributed by atoms with E-state index in [1.54, 1.807) is 12.2 Å². The molecule has 2 heteroatoms. The van der Waals surface area contributed by atoms with Crippen LogP contribution in [0.2, 0.25) is 0 Å². The van der Waals surface area contributed by atoms with Gasteiger partial charge in [0.25, 0.3) is 0 Å². The molecule has 0 saturated carbocycles. The molecule has 0 radical (unpaired) electrons. The topological polar surface area (TPSA) is 37.3 Å². The summed E-state index contributed by atoms with van der Waals surface area (Å²) in [6.45, 7) is 5.29. The maximum Gasteiger partial charge on any atom is 0.307 e. The van der Waals surface area contributed by atoms with Crippen molar-refractivity contribution >= 4 is 5.97 Å². The Balaban J connectivity index is 3.69. The maximum absolute atomic E-state index is 9.94. The third kappa shape index (κ3) is 4.81. The van der Waals surface area contributed by atoms with Gasteiger partial charge in [-0.15, -0.1) is 0 Å². The van der Waals surface area contributed by atoms with Gasteiger partial charge in [-0.2, -0.15) is 0 Å². The van der Waals surface area contributed by atoms with Gasteiger partial charge in [-0.3, -0.25) is 4.79 Å². The zero-order valence-electron chi connectivity index (χ0n) is 5.42. The number of hydrogen-bond donors (Lipinski definition) is 1. The summed E-state index contributed by atoms with van der Waals surface area (Å²) in [6, 6.07) is 0. The quantitative estimate of drug-likeness (QED) is 0.583. The lowest BCUT2D eigenvalue weighted by Gasteiger charge is -1.86. The average molecular weight is 126 g/mol. The van der Waals surface area contributed by atoms with Crippen molar-refractivity contribution < 1.29 is 9.90 Å². The summed E-state index contributed by atoms with van der Waals surface area (Å²) < 4.78 is 0. The van der Waals surface area contributed by atoms with E-state index in [-0.39, 0.29) is 6.42 Å². The summed E-state index contributed by atoms with van der Waals surface area (Å²) in [7, 11) is 0. The number of allylic oxidation sites excluding steroid dienone is 2. The van der Waals surface area contributed by atoms with Gasteiger partial charge in [-0.25, -0.2) is 0 Å². The number of carboxylic acid groups (broad SMARTS) is 1. The van der Waals surface area contributed by atoms with Crippen molar-refractivity contribution in [3.63, 3.8) is 0 Å². The highest BCUT2D eigenvalue weighted by Crippen LogP contribution is 1.94. The van der Waals surface area contributed by atoms with Gasteiger partial charge in [0.2, 0.25) is 0 Å². The number of rotatable bonds is 3. The largest absolute Gasteiger partial charge is 0.481 e. The monoisotopic (exact) mass is 126 g/mol. The van der Waals surface area contributed by atoms with E-state index >= 15 is 0 Å². The minimum atomic E-state index is -0.809. The SMILES string of the molecule is C=C/C(C)=C/CC(=O)O. The normalized spacial score (nSPS) is 11.0. The molecule has 2 nitrogen and oxygen atoms in total. The summed E-state index contributed by atoms with van der Waals surface area (Å²) in [5, 5.41) is 8.18. The lowest BCUT2D eigenvalue weighted by atomic mass is 10.2. The van der Waals surface area contributed by atoms with Gasteiger partial charge in [0.15, 0.2) is 0 Å². The Morgan fingerprint density at radius 2 is 2.33 bits per heavy atom. The molecule has 0 aromatic carbocycles. The summed E-state index contributed by atoms with van der Waals surface area (Å²) in [6.07, 6.45) is 3.33. The Morgan fingerprint density at radius 3 is 2.67 bits per heavy atom. The van der Waals surface area contributed by atoms with Crippen molar-refractivity contribution in [2.45, 2.75) is 13.3 Å². The van der Waals surface area contributed by atoms with E-state index in [4.69, 9.17) is 5.11 Å². The lowest BCUT2D eigenvalue weighted by molar-refractivity contribution is -0.136. The Bertz CT molecular complexity index is 145. The summed E-state index contributed by atoms with van der Waals surface area (Å²) >= 11 is 0. The van der Waals surface area contributed by atoms with E-state index < -0.39 is 5.97 Å². The third-order valence-electron chi connectivity index (χ3n) is 0.921. The molecular formula is C7H10O2. The van der Waals surface area contributed by atoms with E-state index in [0.29, 0.717) is 0 Å². The molecule has 0 amide bonds. The number of hydrogen-bond acceptors (Lipinski definition) is 1. The molecule has 0 fully saturated rings. The highest BCUT2D eigenvalue weighted by molar-refractivity contribution is 5.68. The molecule has 50 valence electrons. The van der Waals surface area contributed by atoms with Crippen molar-refractivity contribution in [3.05, 3.63) is 24.3 Å². The van der Waals surface area contributed by atoms with Crippen LogP contribution >= 0.6 is 0 Å². The minimum absolute atomic E-state index is 0.0812. The van der Waals surface area contributed by atoms with Gasteiger partial charge in [0.1, 0.15) is 0 Å². The van der Waals surface area contributed by atoms with Crippen LogP contribution in [-0.2, 0) is 4.79 Å². The summed E-state index contributed by atoms with van der Waals surface area (Å²) in [5.74, 6) is -0.809. The lowest BCUT2D eigenvalue weighted by Crippen LogP contribution is -1.90. The molecule has 9 heavy (non-hydrogen) atoms. The minimum Gasteiger partial charge on any atom is -0.481 e. The Hall–Kier alpha value is -1.05. The van der Waals surface area contributed by atoms with Crippen LogP contribution in [0.3, 0.4) is 0 Å². The fraction of sp³-hybridized carbons (Fsp3) is 0.286. The van der Waals surface area contributed by atoms with E-state index in [1.165, 1.54) is 0 Å². The van der Waals surface area contributed by atoms with E-state index in [0.717, 1.165) is 5.57 Å². The molecule has 0 bridgehead atoms. The first-order valence-electron chi connectivity index (χ1n) is 2.68. The van der Waals surface area contributed by atoms with Gasteiger partial charge >= 0.3 is 5.97 Å². The van der Waals surface area contributed by atoms with Crippen LogP contribution in [0.25, 0.3) is 0 Å². The number of carboxylic acids is 1. The van der Waals surface area contributed by atoms with Crippen molar-refractivity contribution in [1.82, 2.24) is 0 Å². The van der Waals surface area contributed by atoms with Crippen LogP contribution in [-0.4, -0.2) is 11.1 Å². The van der Waals surface area contributed by atoms with Crippen molar-refractivity contribution in [2.75, 3.05) is 0 Å². The second-order valence-corrected chi connectivity index (χ2v) is 1.75. The van der Waals surface area contributed by atoms with E-state index in [1.807, 2.05) is 6.92 Å². The molecule has 0 unspecified atom stereocenters. The molecule has 0 aliphatic rings. The molecule has 0 rings (SSSR count). The Kier molecular flexibility index (Phi) is 3.44. The molecule has 0 spiro atoms. The molecule has 0 heterocycles. The smallest absolute Gasteiger partial charge is 0.307 e. The van der Waals surface area contributed by atoms with E-state index in [2.05, 4.69) is 6.58 Å². The maximum atomic E-state index is 9.94. The van der Waals surface area contributed by atoms with Gasteiger partial charge in [-0.1, -0.05) is 24.3 Å². The van der Waals surface area contributed by atoms with Gasteiger partial charge in [-0.05, 0) is 6.92 Å². The zero-order chi connectivity index (χ0) is 7.28. The van der Waals surface area contributed by atoms with Crippen LogP contribution in [0.15, 0.2) is 24.3 Å². The van der Waals surface area contributed by atoms with Crippen LogP contribution < -0.4 is 0 Å². The molecule has 1 N–H and O–H groups in total. The predicted octanol–water partition coefficient (Wildman–Crippen LogP) is 1.59. The fourth-order valence-electron chi connectivity index (χ4n) is 0.332. The molecule has 0 atom stereocenters. The van der Waals surface area contributed by atoms with Gasteiger partial charge in [0, 0.05) is 0 Å². The second kappa shape index (κ2) is 3.89. The van der Waals surface area contributed by atoms with Crippen molar-refractivity contribution in [3.8, 4) is 0 Å². The highest BCUT2D eigenvalue weighted by Gasteiger charge is 1.89. The van der Waals surface area contributed by atoms with Gasteiger partial charge < -0.3 is 5.11 Å².